The Morgan fingerprint density at radius 2 is 2.21 bits per heavy atom. The Morgan fingerprint density at radius 3 is 2.84 bits per heavy atom. The Morgan fingerprint density at radius 1 is 1.47 bits per heavy atom. The fourth-order valence-electron chi connectivity index (χ4n) is 2.19. The van der Waals surface area contributed by atoms with Crippen molar-refractivity contribution in [3.63, 3.8) is 0 Å². The number of benzene rings is 1. The van der Waals surface area contributed by atoms with Crippen molar-refractivity contribution in [2.24, 2.45) is 5.92 Å². The summed E-state index contributed by atoms with van der Waals surface area (Å²) < 4.78 is 27.1. The van der Waals surface area contributed by atoms with Crippen molar-refractivity contribution in [1.82, 2.24) is 4.72 Å². The Labute approximate surface area is 118 Å². The van der Waals surface area contributed by atoms with E-state index in [2.05, 4.69) is 11.6 Å². The SMILES string of the molecule is CCCC1CC1NS(=O)(=O)c1ccc(Cl)c(CO)c1. The first-order chi connectivity index (χ1) is 8.97. The van der Waals surface area contributed by atoms with Gasteiger partial charge in [0, 0.05) is 11.1 Å². The third-order valence-corrected chi connectivity index (χ3v) is 5.24. The summed E-state index contributed by atoms with van der Waals surface area (Å²) in [4.78, 5) is 0.156. The largest absolute Gasteiger partial charge is 0.392 e. The van der Waals surface area contributed by atoms with Crippen LogP contribution in [0.15, 0.2) is 23.1 Å². The van der Waals surface area contributed by atoms with E-state index in [-0.39, 0.29) is 17.5 Å². The third-order valence-electron chi connectivity index (χ3n) is 3.39. The summed E-state index contributed by atoms with van der Waals surface area (Å²) in [5, 5.41) is 9.49. The molecule has 2 rings (SSSR count). The number of aliphatic hydroxyl groups excluding tert-OH is 1. The van der Waals surface area contributed by atoms with Crippen molar-refractivity contribution in [2.45, 2.75) is 43.7 Å². The molecule has 1 aromatic rings. The zero-order chi connectivity index (χ0) is 14.0. The van der Waals surface area contributed by atoms with Crippen LogP contribution < -0.4 is 4.72 Å². The Bertz CT molecular complexity index is 559. The van der Waals surface area contributed by atoms with E-state index >= 15 is 0 Å². The third kappa shape index (κ3) is 3.48. The lowest BCUT2D eigenvalue weighted by Gasteiger charge is -2.08. The maximum Gasteiger partial charge on any atom is 0.240 e. The zero-order valence-electron chi connectivity index (χ0n) is 10.8. The summed E-state index contributed by atoms with van der Waals surface area (Å²) in [5.41, 5.74) is 0.422. The summed E-state index contributed by atoms with van der Waals surface area (Å²) in [5.74, 6) is 0.462. The molecule has 1 aliphatic carbocycles. The van der Waals surface area contributed by atoms with Crippen LogP contribution in [0.2, 0.25) is 5.02 Å². The summed E-state index contributed by atoms with van der Waals surface area (Å²) in [6.45, 7) is 1.82. The second kappa shape index (κ2) is 5.79. The van der Waals surface area contributed by atoms with Crippen LogP contribution >= 0.6 is 11.6 Å². The molecule has 1 aliphatic rings. The number of halogens is 1. The molecule has 2 atom stereocenters. The van der Waals surface area contributed by atoms with Crippen LogP contribution in [-0.2, 0) is 16.6 Å². The van der Waals surface area contributed by atoms with E-state index < -0.39 is 10.0 Å². The van der Waals surface area contributed by atoms with Crippen molar-refractivity contribution in [3.8, 4) is 0 Å². The van der Waals surface area contributed by atoms with Crippen molar-refractivity contribution < 1.29 is 13.5 Å². The second-order valence-electron chi connectivity index (χ2n) is 4.92. The predicted molar refractivity (Wildman–Crippen MR) is 74.5 cm³/mol. The highest BCUT2D eigenvalue weighted by Gasteiger charge is 2.39. The fourth-order valence-corrected chi connectivity index (χ4v) is 3.73. The Balaban J connectivity index is 2.12. The molecule has 1 saturated carbocycles. The van der Waals surface area contributed by atoms with Gasteiger partial charge in [-0.1, -0.05) is 24.9 Å². The average molecular weight is 304 g/mol. The molecule has 0 radical (unpaired) electrons. The van der Waals surface area contributed by atoms with E-state index in [0.29, 0.717) is 16.5 Å². The maximum atomic E-state index is 12.2. The highest BCUT2D eigenvalue weighted by Crippen LogP contribution is 2.35. The molecule has 6 heteroatoms. The van der Waals surface area contributed by atoms with Crippen LogP contribution in [0, 0.1) is 5.92 Å². The van der Waals surface area contributed by atoms with E-state index in [1.165, 1.54) is 18.2 Å². The van der Waals surface area contributed by atoms with Gasteiger partial charge in [-0.2, -0.15) is 0 Å². The molecule has 4 nitrogen and oxygen atoms in total. The zero-order valence-corrected chi connectivity index (χ0v) is 12.3. The molecule has 2 N–H and O–H groups in total. The van der Waals surface area contributed by atoms with Gasteiger partial charge in [0.2, 0.25) is 10.0 Å². The molecule has 1 aromatic carbocycles. The van der Waals surface area contributed by atoms with Gasteiger partial charge >= 0.3 is 0 Å². The Kier molecular flexibility index (Phi) is 4.50. The molecular formula is C13H18ClNO3S. The number of sulfonamides is 1. The fraction of sp³-hybridized carbons (Fsp3) is 0.538. The quantitative estimate of drug-likeness (QED) is 0.847. The molecule has 19 heavy (non-hydrogen) atoms. The van der Waals surface area contributed by atoms with Gasteiger partial charge in [0.25, 0.3) is 0 Å². The van der Waals surface area contributed by atoms with E-state index in [1.807, 2.05) is 0 Å². The van der Waals surface area contributed by atoms with Gasteiger partial charge in [-0.15, -0.1) is 0 Å². The number of rotatable bonds is 6. The van der Waals surface area contributed by atoms with Crippen LogP contribution in [0.3, 0.4) is 0 Å². The van der Waals surface area contributed by atoms with E-state index in [1.54, 1.807) is 0 Å². The minimum absolute atomic E-state index is 0.0539. The molecule has 0 heterocycles. The van der Waals surface area contributed by atoms with Crippen molar-refractivity contribution in [2.75, 3.05) is 0 Å². The highest BCUT2D eigenvalue weighted by molar-refractivity contribution is 7.89. The lowest BCUT2D eigenvalue weighted by molar-refractivity contribution is 0.281. The van der Waals surface area contributed by atoms with Crippen LogP contribution in [0.4, 0.5) is 0 Å². The van der Waals surface area contributed by atoms with Crippen molar-refractivity contribution in [1.29, 1.82) is 0 Å². The Hall–Kier alpha value is -0.620. The van der Waals surface area contributed by atoms with Crippen molar-refractivity contribution in [3.05, 3.63) is 28.8 Å². The van der Waals surface area contributed by atoms with Crippen molar-refractivity contribution >= 4 is 21.6 Å². The predicted octanol–water partition coefficient (Wildman–Crippen LogP) is 2.30. The number of hydrogen-bond donors (Lipinski definition) is 2. The van der Waals surface area contributed by atoms with E-state index in [4.69, 9.17) is 16.7 Å². The number of hydrogen-bond acceptors (Lipinski definition) is 3. The molecule has 0 amide bonds. The summed E-state index contributed by atoms with van der Waals surface area (Å²) in [7, 11) is -3.52. The van der Waals surface area contributed by atoms with Gasteiger partial charge in [-0.05, 0) is 42.5 Å². The summed E-state index contributed by atoms with van der Waals surface area (Å²) >= 11 is 5.85. The molecular weight excluding hydrogens is 286 g/mol. The van der Waals surface area contributed by atoms with E-state index in [0.717, 1.165) is 19.3 Å². The van der Waals surface area contributed by atoms with Crippen LogP contribution in [0.25, 0.3) is 0 Å². The van der Waals surface area contributed by atoms with Gasteiger partial charge in [0.05, 0.1) is 11.5 Å². The van der Waals surface area contributed by atoms with Crippen LogP contribution in [-0.4, -0.2) is 19.6 Å². The smallest absolute Gasteiger partial charge is 0.240 e. The summed E-state index contributed by atoms with van der Waals surface area (Å²) in [6.07, 6.45) is 3.03. The number of aliphatic hydroxyl groups is 1. The topological polar surface area (TPSA) is 66.4 Å². The molecule has 0 aromatic heterocycles. The monoisotopic (exact) mass is 303 g/mol. The molecule has 1 fully saturated rings. The minimum atomic E-state index is -3.52. The summed E-state index contributed by atoms with van der Waals surface area (Å²) in [6, 6.07) is 4.43. The van der Waals surface area contributed by atoms with Gasteiger partial charge in [-0.25, -0.2) is 13.1 Å². The van der Waals surface area contributed by atoms with E-state index in [9.17, 15) is 8.42 Å². The molecule has 0 aliphatic heterocycles. The lowest BCUT2D eigenvalue weighted by Crippen LogP contribution is -2.27. The van der Waals surface area contributed by atoms with Gasteiger partial charge in [-0.3, -0.25) is 0 Å². The first-order valence-electron chi connectivity index (χ1n) is 6.39. The standard InChI is InChI=1S/C13H18ClNO3S/c1-2-3-9-7-13(9)15-19(17,18)11-4-5-12(14)10(6-11)8-16/h4-6,9,13,15-16H,2-3,7-8H2,1H3. The first-order valence-corrected chi connectivity index (χ1v) is 8.25. The normalized spacial score (nSPS) is 22.5. The maximum absolute atomic E-state index is 12.2. The molecule has 2 unspecified atom stereocenters. The van der Waals surface area contributed by atoms with Gasteiger partial charge < -0.3 is 5.11 Å². The highest BCUT2D eigenvalue weighted by atomic mass is 35.5. The molecule has 106 valence electrons. The second-order valence-corrected chi connectivity index (χ2v) is 7.04. The molecule has 0 saturated heterocycles. The average Bonchev–Trinajstić information content (AvgIpc) is 3.07. The van der Waals surface area contributed by atoms with Crippen LogP contribution in [0.1, 0.15) is 31.7 Å². The van der Waals surface area contributed by atoms with Gasteiger partial charge in [0.1, 0.15) is 0 Å². The number of nitrogens with one attached hydrogen (secondary N) is 1. The molecule has 0 bridgehead atoms. The lowest BCUT2D eigenvalue weighted by atomic mass is 10.2. The first kappa shape index (κ1) is 14.8. The van der Waals surface area contributed by atoms with Gasteiger partial charge in [0.15, 0.2) is 0 Å². The van der Waals surface area contributed by atoms with Crippen LogP contribution in [0.5, 0.6) is 0 Å². The molecule has 0 spiro atoms. The minimum Gasteiger partial charge on any atom is -0.392 e.